The van der Waals surface area contributed by atoms with E-state index in [1.165, 1.54) is 0 Å². The number of benzene rings is 2. The van der Waals surface area contributed by atoms with Gasteiger partial charge in [0.15, 0.2) is 0 Å². The van der Waals surface area contributed by atoms with Crippen molar-refractivity contribution in [3.05, 3.63) is 60.2 Å². The highest BCUT2D eigenvalue weighted by atomic mass is 16.6. The molecule has 1 saturated heterocycles. The maximum atomic E-state index is 12.2. The molecule has 2 N–H and O–H groups in total. The lowest BCUT2D eigenvalue weighted by molar-refractivity contribution is -0.141. The summed E-state index contributed by atoms with van der Waals surface area (Å²) in [5, 5.41) is 6.00. The van der Waals surface area contributed by atoms with Gasteiger partial charge in [0.05, 0.1) is 0 Å². The standard InChI is InChI=1S/C18H18N2O3/c1-12-10-16(18(22)23-12)19-14-8-5-9-15(11-14)20-17(21)13-6-3-2-4-7-13/h2-9,11-12,16,19H,10H2,1H3,(H,20,21)/t12-,16+/m1/s1. The number of esters is 1. The van der Waals surface area contributed by atoms with E-state index in [1.807, 2.05) is 43.3 Å². The Morgan fingerprint density at radius 3 is 2.52 bits per heavy atom. The number of ether oxygens (including phenoxy) is 1. The Morgan fingerprint density at radius 2 is 1.83 bits per heavy atom. The molecule has 23 heavy (non-hydrogen) atoms. The van der Waals surface area contributed by atoms with Gasteiger partial charge in [0.1, 0.15) is 12.1 Å². The van der Waals surface area contributed by atoms with Gasteiger partial charge >= 0.3 is 5.97 Å². The molecule has 3 rings (SSSR count). The highest BCUT2D eigenvalue weighted by Gasteiger charge is 2.31. The molecule has 1 aliphatic rings. The highest BCUT2D eigenvalue weighted by molar-refractivity contribution is 6.04. The maximum absolute atomic E-state index is 12.2. The van der Waals surface area contributed by atoms with E-state index >= 15 is 0 Å². The first kappa shape index (κ1) is 15.1. The third-order valence-corrected chi connectivity index (χ3v) is 3.67. The second-order valence-corrected chi connectivity index (χ2v) is 5.58. The maximum Gasteiger partial charge on any atom is 0.328 e. The number of hydrogen-bond donors (Lipinski definition) is 2. The zero-order valence-electron chi connectivity index (χ0n) is 12.8. The van der Waals surface area contributed by atoms with E-state index in [-0.39, 0.29) is 24.0 Å². The summed E-state index contributed by atoms with van der Waals surface area (Å²) in [7, 11) is 0. The highest BCUT2D eigenvalue weighted by Crippen LogP contribution is 2.21. The first-order valence-electron chi connectivity index (χ1n) is 7.55. The summed E-state index contributed by atoms with van der Waals surface area (Å²) in [5.41, 5.74) is 2.04. The molecule has 0 saturated carbocycles. The Labute approximate surface area is 134 Å². The minimum atomic E-state index is -0.343. The van der Waals surface area contributed by atoms with Crippen molar-refractivity contribution in [2.24, 2.45) is 0 Å². The quantitative estimate of drug-likeness (QED) is 0.852. The van der Waals surface area contributed by atoms with Crippen molar-refractivity contribution in [1.82, 2.24) is 0 Å². The molecule has 1 heterocycles. The van der Waals surface area contributed by atoms with E-state index in [1.54, 1.807) is 18.2 Å². The molecular formula is C18H18N2O3. The van der Waals surface area contributed by atoms with Crippen molar-refractivity contribution in [3.8, 4) is 0 Å². The van der Waals surface area contributed by atoms with Crippen LogP contribution in [0.2, 0.25) is 0 Å². The van der Waals surface area contributed by atoms with Crippen molar-refractivity contribution >= 4 is 23.3 Å². The molecule has 0 bridgehead atoms. The van der Waals surface area contributed by atoms with E-state index in [0.29, 0.717) is 17.7 Å². The van der Waals surface area contributed by atoms with Crippen molar-refractivity contribution in [2.75, 3.05) is 10.6 Å². The monoisotopic (exact) mass is 310 g/mol. The fourth-order valence-electron chi connectivity index (χ4n) is 2.56. The van der Waals surface area contributed by atoms with Crippen LogP contribution in [0.25, 0.3) is 0 Å². The van der Waals surface area contributed by atoms with Gasteiger partial charge in [-0.2, -0.15) is 0 Å². The molecule has 0 aromatic heterocycles. The molecule has 1 aliphatic heterocycles. The van der Waals surface area contributed by atoms with E-state index < -0.39 is 0 Å². The summed E-state index contributed by atoms with van der Waals surface area (Å²) >= 11 is 0. The second kappa shape index (κ2) is 6.52. The summed E-state index contributed by atoms with van der Waals surface area (Å²) in [6, 6.07) is 16.0. The van der Waals surface area contributed by atoms with Gasteiger partial charge in [-0.25, -0.2) is 4.79 Å². The van der Waals surface area contributed by atoms with Crippen LogP contribution in [-0.2, 0) is 9.53 Å². The summed E-state index contributed by atoms with van der Waals surface area (Å²) in [4.78, 5) is 23.8. The third kappa shape index (κ3) is 3.69. The summed E-state index contributed by atoms with van der Waals surface area (Å²) in [5.74, 6) is -0.409. The van der Waals surface area contributed by atoms with Gasteiger partial charge in [-0.15, -0.1) is 0 Å². The number of anilines is 2. The first-order valence-corrected chi connectivity index (χ1v) is 7.55. The first-order chi connectivity index (χ1) is 11.1. The second-order valence-electron chi connectivity index (χ2n) is 5.58. The number of cyclic esters (lactones) is 1. The molecule has 2 aromatic carbocycles. The van der Waals surface area contributed by atoms with Crippen LogP contribution < -0.4 is 10.6 Å². The van der Waals surface area contributed by atoms with Crippen LogP contribution in [0.1, 0.15) is 23.7 Å². The Hall–Kier alpha value is -2.82. The van der Waals surface area contributed by atoms with Crippen LogP contribution in [0, 0.1) is 0 Å². The fourth-order valence-corrected chi connectivity index (χ4v) is 2.56. The number of carbonyl (C=O) groups excluding carboxylic acids is 2. The van der Waals surface area contributed by atoms with Gasteiger partial charge < -0.3 is 15.4 Å². The zero-order valence-corrected chi connectivity index (χ0v) is 12.8. The molecule has 0 aliphatic carbocycles. The van der Waals surface area contributed by atoms with Crippen molar-refractivity contribution in [1.29, 1.82) is 0 Å². The minimum absolute atomic E-state index is 0.0685. The van der Waals surface area contributed by atoms with Gasteiger partial charge in [0.2, 0.25) is 0 Å². The molecule has 5 nitrogen and oxygen atoms in total. The number of amides is 1. The predicted molar refractivity (Wildman–Crippen MR) is 88.4 cm³/mol. The largest absolute Gasteiger partial charge is 0.461 e. The van der Waals surface area contributed by atoms with E-state index in [2.05, 4.69) is 10.6 Å². The SMILES string of the molecule is C[C@@H]1C[C@H](Nc2cccc(NC(=O)c3ccccc3)c2)C(=O)O1. The normalized spacial score (nSPS) is 20.0. The molecule has 0 radical (unpaired) electrons. The summed E-state index contributed by atoms with van der Waals surface area (Å²) in [6.45, 7) is 1.87. The predicted octanol–water partition coefficient (Wildman–Crippen LogP) is 3.05. The Kier molecular flexibility index (Phi) is 4.28. The van der Waals surface area contributed by atoms with Crippen LogP contribution in [0.5, 0.6) is 0 Å². The zero-order chi connectivity index (χ0) is 16.2. The molecule has 2 aromatic rings. The van der Waals surface area contributed by atoms with Crippen LogP contribution in [0.3, 0.4) is 0 Å². The summed E-state index contributed by atoms with van der Waals surface area (Å²) < 4.78 is 5.13. The van der Waals surface area contributed by atoms with Crippen LogP contribution in [0.15, 0.2) is 54.6 Å². The third-order valence-electron chi connectivity index (χ3n) is 3.67. The Bertz CT molecular complexity index is 715. The lowest BCUT2D eigenvalue weighted by Crippen LogP contribution is -2.24. The average molecular weight is 310 g/mol. The van der Waals surface area contributed by atoms with Gasteiger partial charge in [-0.3, -0.25) is 4.79 Å². The van der Waals surface area contributed by atoms with E-state index in [4.69, 9.17) is 4.74 Å². The van der Waals surface area contributed by atoms with Crippen molar-refractivity contribution in [3.63, 3.8) is 0 Å². The number of rotatable bonds is 4. The van der Waals surface area contributed by atoms with Gasteiger partial charge in [0, 0.05) is 23.4 Å². The molecule has 1 fully saturated rings. The molecule has 0 unspecified atom stereocenters. The van der Waals surface area contributed by atoms with Gasteiger partial charge in [-0.1, -0.05) is 24.3 Å². The topological polar surface area (TPSA) is 67.4 Å². The van der Waals surface area contributed by atoms with Crippen LogP contribution in [-0.4, -0.2) is 24.0 Å². The number of nitrogens with one attached hydrogen (secondary N) is 2. The molecule has 118 valence electrons. The van der Waals surface area contributed by atoms with E-state index in [9.17, 15) is 9.59 Å². The van der Waals surface area contributed by atoms with Gasteiger partial charge in [-0.05, 0) is 37.3 Å². The molecule has 5 heteroatoms. The van der Waals surface area contributed by atoms with Crippen molar-refractivity contribution in [2.45, 2.75) is 25.5 Å². The number of hydrogen-bond acceptors (Lipinski definition) is 4. The lowest BCUT2D eigenvalue weighted by Gasteiger charge is -2.12. The average Bonchev–Trinajstić information content (AvgIpc) is 2.86. The van der Waals surface area contributed by atoms with Crippen LogP contribution >= 0.6 is 0 Å². The smallest absolute Gasteiger partial charge is 0.328 e. The molecule has 2 atom stereocenters. The number of carbonyl (C=O) groups is 2. The van der Waals surface area contributed by atoms with E-state index in [0.717, 1.165) is 5.69 Å². The fraction of sp³-hybridized carbons (Fsp3) is 0.222. The lowest BCUT2D eigenvalue weighted by atomic mass is 10.1. The van der Waals surface area contributed by atoms with Crippen LogP contribution in [0.4, 0.5) is 11.4 Å². The Morgan fingerprint density at radius 1 is 1.09 bits per heavy atom. The molecule has 0 spiro atoms. The summed E-state index contributed by atoms with van der Waals surface area (Å²) in [6.07, 6.45) is 0.570. The van der Waals surface area contributed by atoms with Crippen molar-refractivity contribution < 1.29 is 14.3 Å². The molecular weight excluding hydrogens is 292 g/mol. The molecule has 1 amide bonds. The minimum Gasteiger partial charge on any atom is -0.461 e. The Balaban J connectivity index is 1.68. The van der Waals surface area contributed by atoms with Gasteiger partial charge in [0.25, 0.3) is 5.91 Å².